The molecule has 1 saturated heterocycles. The second-order valence-electron chi connectivity index (χ2n) is 4.00. The van der Waals surface area contributed by atoms with E-state index in [9.17, 15) is 10.1 Å². The van der Waals surface area contributed by atoms with Gasteiger partial charge >= 0.3 is 5.69 Å². The van der Waals surface area contributed by atoms with Gasteiger partial charge in [-0.05, 0) is 30.9 Å². The number of aromatic nitrogens is 2. The molecule has 98 valence electrons. The van der Waals surface area contributed by atoms with Crippen LogP contribution in [0.5, 0.6) is 0 Å². The first kappa shape index (κ1) is 13.0. The van der Waals surface area contributed by atoms with E-state index in [4.69, 9.17) is 16.3 Å². The van der Waals surface area contributed by atoms with Gasteiger partial charge in [-0.2, -0.15) is 4.98 Å². The van der Waals surface area contributed by atoms with Crippen molar-refractivity contribution in [2.45, 2.75) is 25.4 Å². The van der Waals surface area contributed by atoms with Gasteiger partial charge in [0.2, 0.25) is 11.1 Å². The van der Waals surface area contributed by atoms with Gasteiger partial charge < -0.3 is 10.1 Å². The average molecular weight is 273 g/mol. The van der Waals surface area contributed by atoms with Crippen LogP contribution in [0.2, 0.25) is 5.28 Å². The first-order valence-electron chi connectivity index (χ1n) is 5.69. The number of nitrogens with one attached hydrogen (secondary N) is 1. The Balaban J connectivity index is 2.03. The molecule has 18 heavy (non-hydrogen) atoms. The summed E-state index contributed by atoms with van der Waals surface area (Å²) in [4.78, 5) is 17.7. The molecule has 2 rings (SSSR count). The monoisotopic (exact) mass is 272 g/mol. The van der Waals surface area contributed by atoms with E-state index < -0.39 is 4.92 Å². The lowest BCUT2D eigenvalue weighted by molar-refractivity contribution is -0.384. The van der Waals surface area contributed by atoms with Gasteiger partial charge in [0.05, 0.1) is 11.0 Å². The number of nitrogens with zero attached hydrogens (tertiary/aromatic N) is 3. The zero-order valence-corrected chi connectivity index (χ0v) is 10.4. The summed E-state index contributed by atoms with van der Waals surface area (Å²) in [6, 6.07) is 0. The molecule has 1 fully saturated rings. The number of anilines is 1. The maximum atomic E-state index is 10.8. The highest BCUT2D eigenvalue weighted by Crippen LogP contribution is 2.22. The number of hydrogen-bond acceptors (Lipinski definition) is 6. The first-order chi connectivity index (χ1) is 8.66. The van der Waals surface area contributed by atoms with E-state index in [2.05, 4.69) is 15.3 Å². The molecule has 8 heteroatoms. The molecule has 1 aliphatic heterocycles. The van der Waals surface area contributed by atoms with Crippen molar-refractivity contribution < 1.29 is 9.66 Å². The van der Waals surface area contributed by atoms with E-state index in [1.54, 1.807) is 0 Å². The van der Waals surface area contributed by atoms with Gasteiger partial charge in [0.15, 0.2) is 0 Å². The summed E-state index contributed by atoms with van der Waals surface area (Å²) in [5, 5.41) is 13.7. The number of hydrogen-bond donors (Lipinski definition) is 1. The van der Waals surface area contributed by atoms with E-state index in [-0.39, 0.29) is 22.9 Å². The summed E-state index contributed by atoms with van der Waals surface area (Å²) in [7, 11) is 0. The molecule has 0 aromatic carbocycles. The van der Waals surface area contributed by atoms with Crippen LogP contribution in [0.15, 0.2) is 6.20 Å². The van der Waals surface area contributed by atoms with Crippen LogP contribution in [0.25, 0.3) is 0 Å². The second-order valence-corrected chi connectivity index (χ2v) is 4.34. The summed E-state index contributed by atoms with van der Waals surface area (Å²) in [6.07, 6.45) is 4.28. The molecule has 0 radical (unpaired) electrons. The molecule has 2 heterocycles. The predicted octanol–water partition coefficient (Wildman–Crippen LogP) is 2.02. The van der Waals surface area contributed by atoms with Gasteiger partial charge in [-0.25, -0.2) is 4.98 Å². The molecular formula is C10H13ClN4O3. The standard InChI is InChI=1S/C10H13ClN4O3/c11-10-13-6-8(15(16)17)9(14-10)12-5-7-3-1-2-4-18-7/h6-7H,1-5H2,(H,12,13,14). The maximum Gasteiger partial charge on any atom is 0.329 e. The molecule has 7 nitrogen and oxygen atoms in total. The molecule has 1 aromatic rings. The normalized spacial score (nSPS) is 19.5. The Bertz CT molecular complexity index is 437. The van der Waals surface area contributed by atoms with Gasteiger partial charge in [0, 0.05) is 13.2 Å². The van der Waals surface area contributed by atoms with Gasteiger partial charge in [-0.3, -0.25) is 10.1 Å². The topological polar surface area (TPSA) is 90.2 Å². The van der Waals surface area contributed by atoms with Crippen molar-refractivity contribution in [2.24, 2.45) is 0 Å². The number of rotatable bonds is 4. The fourth-order valence-corrected chi connectivity index (χ4v) is 1.93. The minimum absolute atomic E-state index is 0.0207. The van der Waals surface area contributed by atoms with E-state index in [1.807, 2.05) is 0 Å². The van der Waals surface area contributed by atoms with Gasteiger partial charge in [0.1, 0.15) is 6.20 Å². The molecule has 0 aliphatic carbocycles. The number of ether oxygens (including phenoxy) is 1. The van der Waals surface area contributed by atoms with Crippen molar-refractivity contribution in [3.8, 4) is 0 Å². The van der Waals surface area contributed by atoms with Crippen molar-refractivity contribution >= 4 is 23.1 Å². The molecule has 0 amide bonds. The Morgan fingerprint density at radius 2 is 2.44 bits per heavy atom. The van der Waals surface area contributed by atoms with E-state index >= 15 is 0 Å². The summed E-state index contributed by atoms with van der Waals surface area (Å²) < 4.78 is 5.52. The SMILES string of the molecule is O=[N+]([O-])c1cnc(Cl)nc1NCC1CCCCO1. The fourth-order valence-electron chi connectivity index (χ4n) is 1.80. The maximum absolute atomic E-state index is 10.8. The van der Waals surface area contributed by atoms with E-state index in [0.29, 0.717) is 6.54 Å². The number of halogens is 1. The summed E-state index contributed by atoms with van der Waals surface area (Å²) in [5.74, 6) is 0.133. The van der Waals surface area contributed by atoms with Crippen LogP contribution in [-0.4, -0.2) is 34.1 Å². The summed E-state index contributed by atoms with van der Waals surface area (Å²) in [6.45, 7) is 1.22. The quantitative estimate of drug-likeness (QED) is 0.512. The third-order valence-electron chi connectivity index (χ3n) is 2.71. The highest BCUT2D eigenvalue weighted by Gasteiger charge is 2.19. The zero-order chi connectivity index (χ0) is 13.0. The molecule has 1 aromatic heterocycles. The van der Waals surface area contributed by atoms with Crippen LogP contribution in [-0.2, 0) is 4.74 Å². The largest absolute Gasteiger partial charge is 0.376 e. The van der Waals surface area contributed by atoms with Crippen molar-refractivity contribution in [1.29, 1.82) is 0 Å². The van der Waals surface area contributed by atoms with Crippen molar-refractivity contribution in [1.82, 2.24) is 9.97 Å². The van der Waals surface area contributed by atoms with Gasteiger partial charge in [0.25, 0.3) is 0 Å². The lowest BCUT2D eigenvalue weighted by Gasteiger charge is -2.22. The van der Waals surface area contributed by atoms with Crippen LogP contribution in [0.1, 0.15) is 19.3 Å². The molecule has 1 atom stereocenters. The van der Waals surface area contributed by atoms with Crippen molar-refractivity contribution in [2.75, 3.05) is 18.5 Å². The summed E-state index contributed by atoms with van der Waals surface area (Å²) >= 11 is 5.63. The minimum atomic E-state index is -0.541. The highest BCUT2D eigenvalue weighted by molar-refractivity contribution is 6.28. The number of nitro groups is 1. The van der Waals surface area contributed by atoms with E-state index in [0.717, 1.165) is 32.1 Å². The highest BCUT2D eigenvalue weighted by atomic mass is 35.5. The third-order valence-corrected chi connectivity index (χ3v) is 2.89. The van der Waals surface area contributed by atoms with Crippen LogP contribution < -0.4 is 5.32 Å². The van der Waals surface area contributed by atoms with Crippen molar-refractivity contribution in [3.05, 3.63) is 21.6 Å². The van der Waals surface area contributed by atoms with E-state index in [1.165, 1.54) is 0 Å². The second kappa shape index (κ2) is 5.92. The Hall–Kier alpha value is -1.47. The molecule has 0 saturated carbocycles. The average Bonchev–Trinajstić information content (AvgIpc) is 2.37. The Labute approximate surface area is 109 Å². The molecular weight excluding hydrogens is 260 g/mol. The molecule has 0 bridgehead atoms. The van der Waals surface area contributed by atoms with Crippen LogP contribution in [0.4, 0.5) is 11.5 Å². The van der Waals surface area contributed by atoms with Crippen LogP contribution >= 0.6 is 11.6 Å². The third kappa shape index (κ3) is 3.27. The molecule has 1 aliphatic rings. The van der Waals surface area contributed by atoms with Crippen LogP contribution in [0.3, 0.4) is 0 Å². The minimum Gasteiger partial charge on any atom is -0.376 e. The first-order valence-corrected chi connectivity index (χ1v) is 6.07. The lowest BCUT2D eigenvalue weighted by Crippen LogP contribution is -2.27. The Morgan fingerprint density at radius 1 is 1.61 bits per heavy atom. The summed E-state index contributed by atoms with van der Waals surface area (Å²) in [5.41, 5.74) is -0.185. The predicted molar refractivity (Wildman–Crippen MR) is 65.8 cm³/mol. The fraction of sp³-hybridized carbons (Fsp3) is 0.600. The Morgan fingerprint density at radius 3 is 3.11 bits per heavy atom. The zero-order valence-electron chi connectivity index (χ0n) is 9.63. The van der Waals surface area contributed by atoms with Gasteiger partial charge in [-0.15, -0.1) is 0 Å². The Kier molecular flexibility index (Phi) is 4.27. The smallest absolute Gasteiger partial charge is 0.329 e. The molecule has 1 unspecified atom stereocenters. The van der Waals surface area contributed by atoms with Gasteiger partial charge in [-0.1, -0.05) is 0 Å². The molecule has 1 N–H and O–H groups in total. The molecule has 0 spiro atoms. The van der Waals surface area contributed by atoms with Crippen LogP contribution in [0, 0.1) is 10.1 Å². The lowest BCUT2D eigenvalue weighted by atomic mass is 10.1. The van der Waals surface area contributed by atoms with Crippen molar-refractivity contribution in [3.63, 3.8) is 0 Å².